The highest BCUT2D eigenvalue weighted by Crippen LogP contribution is 2.07. The zero-order valence-electron chi connectivity index (χ0n) is 11.6. The lowest BCUT2D eigenvalue weighted by Gasteiger charge is -2.17. The minimum absolute atomic E-state index is 0. The van der Waals surface area contributed by atoms with Crippen LogP contribution in [0, 0.1) is 0 Å². The second kappa shape index (κ2) is 10.6. The second-order valence-corrected chi connectivity index (χ2v) is 3.97. The highest BCUT2D eigenvalue weighted by atomic mass is 35.5. The molecular weight excluding hydrogens is 264 g/mol. The third kappa shape index (κ3) is 7.70. The molecule has 108 valence electrons. The predicted octanol–water partition coefficient (Wildman–Crippen LogP) is 1.95. The molecule has 0 aliphatic carbocycles. The van der Waals surface area contributed by atoms with Gasteiger partial charge in [0.15, 0.2) is 0 Å². The van der Waals surface area contributed by atoms with Gasteiger partial charge in [-0.2, -0.15) is 0 Å². The van der Waals surface area contributed by atoms with Gasteiger partial charge in [-0.1, -0.05) is 32.0 Å². The fourth-order valence-corrected chi connectivity index (χ4v) is 1.58. The van der Waals surface area contributed by atoms with Crippen molar-refractivity contribution >= 4 is 18.3 Å². The molecule has 1 aromatic carbocycles. The molecule has 1 aromatic rings. The number of nitrogens with one attached hydrogen (secondary N) is 1. The average Bonchev–Trinajstić information content (AvgIpc) is 2.42. The Hall–Kier alpha value is -1.26. The summed E-state index contributed by atoms with van der Waals surface area (Å²) in [4.78, 5) is 13.7. The highest BCUT2D eigenvalue weighted by molar-refractivity contribution is 5.85. The third-order valence-corrected chi connectivity index (χ3v) is 2.70. The molecule has 5 heteroatoms. The van der Waals surface area contributed by atoms with E-state index in [-0.39, 0.29) is 18.3 Å². The summed E-state index contributed by atoms with van der Waals surface area (Å²) in [5.74, 6) is 0.880. The van der Waals surface area contributed by atoms with E-state index < -0.39 is 0 Å². The van der Waals surface area contributed by atoms with E-state index in [0.29, 0.717) is 19.7 Å². The maximum Gasteiger partial charge on any atom is 0.234 e. The lowest BCUT2D eigenvalue weighted by atomic mass is 10.3. The molecule has 0 unspecified atom stereocenters. The number of carbonyl (C=O) groups is 1. The minimum Gasteiger partial charge on any atom is -0.492 e. The van der Waals surface area contributed by atoms with Crippen molar-refractivity contribution in [2.45, 2.75) is 13.8 Å². The van der Waals surface area contributed by atoms with E-state index in [1.54, 1.807) is 0 Å². The topological polar surface area (TPSA) is 41.6 Å². The average molecular weight is 287 g/mol. The van der Waals surface area contributed by atoms with Crippen molar-refractivity contribution in [1.29, 1.82) is 0 Å². The Labute approximate surface area is 121 Å². The van der Waals surface area contributed by atoms with Gasteiger partial charge in [-0.3, -0.25) is 9.69 Å². The molecule has 0 aliphatic heterocycles. The van der Waals surface area contributed by atoms with E-state index >= 15 is 0 Å². The van der Waals surface area contributed by atoms with E-state index in [9.17, 15) is 4.79 Å². The van der Waals surface area contributed by atoms with E-state index in [2.05, 4.69) is 24.1 Å². The standard InChI is InChI=1S/C14H22N2O2.ClH/c1-3-16(4-2)12-14(17)15-10-11-18-13-8-6-5-7-9-13;/h5-9H,3-4,10-12H2,1-2H3,(H,15,17);1H. The first-order chi connectivity index (χ1) is 8.76. The number of ether oxygens (including phenoxy) is 1. The van der Waals surface area contributed by atoms with Crippen LogP contribution in [0.25, 0.3) is 0 Å². The molecule has 0 aromatic heterocycles. The lowest BCUT2D eigenvalue weighted by Crippen LogP contribution is -2.38. The zero-order chi connectivity index (χ0) is 13.2. The summed E-state index contributed by atoms with van der Waals surface area (Å²) in [6.07, 6.45) is 0. The van der Waals surface area contributed by atoms with Gasteiger partial charge in [-0.15, -0.1) is 12.4 Å². The quantitative estimate of drug-likeness (QED) is 0.743. The Balaban J connectivity index is 0.00000324. The molecule has 0 spiro atoms. The number of likely N-dealkylation sites (N-methyl/N-ethyl adjacent to an activating group) is 1. The second-order valence-electron chi connectivity index (χ2n) is 3.97. The van der Waals surface area contributed by atoms with Gasteiger partial charge in [-0.25, -0.2) is 0 Å². The molecule has 0 heterocycles. The van der Waals surface area contributed by atoms with Crippen molar-refractivity contribution in [2.75, 3.05) is 32.8 Å². The molecule has 19 heavy (non-hydrogen) atoms. The minimum atomic E-state index is 0. The van der Waals surface area contributed by atoms with Gasteiger partial charge in [0.2, 0.25) is 5.91 Å². The summed E-state index contributed by atoms with van der Waals surface area (Å²) in [6.45, 7) is 7.38. The van der Waals surface area contributed by atoms with Crippen molar-refractivity contribution < 1.29 is 9.53 Å². The van der Waals surface area contributed by atoms with Gasteiger partial charge in [0, 0.05) is 0 Å². The van der Waals surface area contributed by atoms with Crippen LogP contribution in [0.5, 0.6) is 5.75 Å². The summed E-state index contributed by atoms with van der Waals surface area (Å²) in [5, 5.41) is 2.85. The smallest absolute Gasteiger partial charge is 0.234 e. The molecule has 0 radical (unpaired) electrons. The first-order valence-electron chi connectivity index (χ1n) is 6.43. The summed E-state index contributed by atoms with van der Waals surface area (Å²) >= 11 is 0. The van der Waals surface area contributed by atoms with Crippen LogP contribution in [0.4, 0.5) is 0 Å². The van der Waals surface area contributed by atoms with Gasteiger partial charge in [0.25, 0.3) is 0 Å². The normalized spacial score (nSPS) is 9.84. The number of benzene rings is 1. The Bertz CT molecular complexity index is 343. The van der Waals surface area contributed by atoms with Gasteiger partial charge in [0.05, 0.1) is 13.1 Å². The monoisotopic (exact) mass is 286 g/mol. The predicted molar refractivity (Wildman–Crippen MR) is 80.0 cm³/mol. The lowest BCUT2D eigenvalue weighted by molar-refractivity contribution is -0.122. The van der Waals surface area contributed by atoms with Crippen LogP contribution in [0.1, 0.15) is 13.8 Å². The molecule has 0 saturated carbocycles. The molecule has 0 bridgehead atoms. The van der Waals surface area contributed by atoms with E-state index in [4.69, 9.17) is 4.74 Å². The van der Waals surface area contributed by atoms with Crippen LogP contribution in [0.3, 0.4) is 0 Å². The molecule has 4 nitrogen and oxygen atoms in total. The maximum atomic E-state index is 11.6. The summed E-state index contributed by atoms with van der Waals surface area (Å²) in [7, 11) is 0. The first-order valence-corrected chi connectivity index (χ1v) is 6.43. The van der Waals surface area contributed by atoms with Crippen molar-refractivity contribution in [2.24, 2.45) is 0 Å². The molecule has 0 fully saturated rings. The Morgan fingerprint density at radius 3 is 2.42 bits per heavy atom. The van der Waals surface area contributed by atoms with Crippen LogP contribution in [-0.4, -0.2) is 43.6 Å². The fraction of sp³-hybridized carbons (Fsp3) is 0.500. The van der Waals surface area contributed by atoms with Crippen molar-refractivity contribution in [3.05, 3.63) is 30.3 Å². The van der Waals surface area contributed by atoms with E-state index in [1.807, 2.05) is 30.3 Å². The van der Waals surface area contributed by atoms with Gasteiger partial charge in [0.1, 0.15) is 12.4 Å². The number of nitrogens with zero attached hydrogens (tertiary/aromatic N) is 1. The van der Waals surface area contributed by atoms with Gasteiger partial charge >= 0.3 is 0 Å². The number of hydrogen-bond donors (Lipinski definition) is 1. The van der Waals surface area contributed by atoms with Crippen LogP contribution in [-0.2, 0) is 4.79 Å². The Kier molecular flexibility index (Phi) is 9.94. The summed E-state index contributed by atoms with van der Waals surface area (Å²) in [6, 6.07) is 9.59. The van der Waals surface area contributed by atoms with Crippen LogP contribution in [0.15, 0.2) is 30.3 Å². The molecule has 0 atom stereocenters. The van der Waals surface area contributed by atoms with E-state index in [0.717, 1.165) is 18.8 Å². The van der Waals surface area contributed by atoms with Crippen molar-refractivity contribution in [3.8, 4) is 5.75 Å². The van der Waals surface area contributed by atoms with Crippen LogP contribution < -0.4 is 10.1 Å². The molecule has 1 amide bonds. The Morgan fingerprint density at radius 2 is 1.84 bits per heavy atom. The molecule has 0 saturated heterocycles. The number of hydrogen-bond acceptors (Lipinski definition) is 3. The van der Waals surface area contributed by atoms with Gasteiger partial charge < -0.3 is 10.1 Å². The zero-order valence-corrected chi connectivity index (χ0v) is 12.4. The maximum absolute atomic E-state index is 11.6. The highest BCUT2D eigenvalue weighted by Gasteiger charge is 2.05. The van der Waals surface area contributed by atoms with Crippen LogP contribution >= 0.6 is 12.4 Å². The van der Waals surface area contributed by atoms with Crippen LogP contribution in [0.2, 0.25) is 0 Å². The van der Waals surface area contributed by atoms with Crippen molar-refractivity contribution in [3.63, 3.8) is 0 Å². The summed E-state index contributed by atoms with van der Waals surface area (Å²) in [5.41, 5.74) is 0. The fourth-order valence-electron chi connectivity index (χ4n) is 1.58. The number of halogens is 1. The molecule has 1 rings (SSSR count). The Morgan fingerprint density at radius 1 is 1.21 bits per heavy atom. The number of amides is 1. The molecule has 0 aliphatic rings. The van der Waals surface area contributed by atoms with Gasteiger partial charge in [-0.05, 0) is 25.2 Å². The largest absolute Gasteiger partial charge is 0.492 e. The van der Waals surface area contributed by atoms with E-state index in [1.165, 1.54) is 0 Å². The summed E-state index contributed by atoms with van der Waals surface area (Å²) < 4.78 is 5.49. The van der Waals surface area contributed by atoms with Crippen molar-refractivity contribution in [1.82, 2.24) is 10.2 Å². The molecule has 1 N–H and O–H groups in total. The third-order valence-electron chi connectivity index (χ3n) is 2.70. The number of rotatable bonds is 8. The molecular formula is C14H23ClN2O2. The SMILES string of the molecule is CCN(CC)CC(=O)NCCOc1ccccc1.Cl. The number of carbonyl (C=O) groups excluding carboxylic acids is 1. The number of para-hydroxylation sites is 1. The first kappa shape index (κ1) is 17.7.